The minimum Gasteiger partial charge on any atom is -0.493 e. The van der Waals surface area contributed by atoms with Gasteiger partial charge in [0, 0.05) is 5.56 Å². The average molecular weight is 262 g/mol. The molecular weight excluding hydrogens is 242 g/mol. The van der Waals surface area contributed by atoms with Gasteiger partial charge in [-0.25, -0.2) is 0 Å². The van der Waals surface area contributed by atoms with Crippen molar-refractivity contribution in [2.75, 3.05) is 13.7 Å². The molecule has 0 fully saturated rings. The van der Waals surface area contributed by atoms with Gasteiger partial charge in [0.1, 0.15) is 13.1 Å². The van der Waals surface area contributed by atoms with Gasteiger partial charge in [-0.15, -0.1) is 0 Å². The molecule has 102 valence electrons. The number of hydrogen-bond acceptors (Lipinski definition) is 3. The molecule has 2 rings (SSSR count). The lowest BCUT2D eigenvalue weighted by Gasteiger charge is -2.10. The van der Waals surface area contributed by atoms with Gasteiger partial charge in [0.25, 0.3) is 0 Å². The zero-order valence-electron chi connectivity index (χ0n) is 11.4. The third kappa shape index (κ3) is 3.76. The standard InChI is InChI=1S/C15H19NO3/c1-3-18-14-7-6-12(9-15(14)17-2)10-16-11-13-5-4-8-19-13/h4-9,16H,3,10-11H2,1-2H3/p+1. The van der Waals surface area contributed by atoms with Crippen LogP contribution in [0, 0.1) is 0 Å². The molecule has 0 aliphatic rings. The molecule has 19 heavy (non-hydrogen) atoms. The first-order valence-electron chi connectivity index (χ1n) is 6.47. The summed E-state index contributed by atoms with van der Waals surface area (Å²) in [6.07, 6.45) is 1.70. The zero-order chi connectivity index (χ0) is 13.5. The minimum atomic E-state index is 0.639. The van der Waals surface area contributed by atoms with Crippen molar-refractivity contribution in [2.24, 2.45) is 0 Å². The van der Waals surface area contributed by atoms with E-state index in [4.69, 9.17) is 13.9 Å². The van der Waals surface area contributed by atoms with E-state index >= 15 is 0 Å². The summed E-state index contributed by atoms with van der Waals surface area (Å²) in [6, 6.07) is 9.92. The largest absolute Gasteiger partial charge is 0.493 e. The molecule has 0 saturated heterocycles. The van der Waals surface area contributed by atoms with Crippen molar-refractivity contribution in [3.05, 3.63) is 47.9 Å². The van der Waals surface area contributed by atoms with E-state index in [1.165, 1.54) is 5.56 Å². The van der Waals surface area contributed by atoms with E-state index in [9.17, 15) is 0 Å². The van der Waals surface area contributed by atoms with Gasteiger partial charge in [-0.3, -0.25) is 0 Å². The molecule has 0 spiro atoms. The van der Waals surface area contributed by atoms with E-state index in [2.05, 4.69) is 11.4 Å². The van der Waals surface area contributed by atoms with Crippen LogP contribution in [0.2, 0.25) is 0 Å². The second-order valence-electron chi connectivity index (χ2n) is 4.19. The fourth-order valence-corrected chi connectivity index (χ4v) is 1.92. The van der Waals surface area contributed by atoms with Crippen molar-refractivity contribution in [1.29, 1.82) is 0 Å². The predicted molar refractivity (Wildman–Crippen MR) is 72.2 cm³/mol. The van der Waals surface area contributed by atoms with Crippen LogP contribution >= 0.6 is 0 Å². The summed E-state index contributed by atoms with van der Waals surface area (Å²) in [5.74, 6) is 2.56. The number of hydrogen-bond donors (Lipinski definition) is 1. The summed E-state index contributed by atoms with van der Waals surface area (Å²) in [6.45, 7) is 4.32. The zero-order valence-corrected chi connectivity index (χ0v) is 11.4. The lowest BCUT2D eigenvalue weighted by atomic mass is 10.2. The van der Waals surface area contributed by atoms with Gasteiger partial charge in [0.2, 0.25) is 0 Å². The summed E-state index contributed by atoms with van der Waals surface area (Å²) in [5, 5.41) is 2.19. The van der Waals surface area contributed by atoms with Crippen LogP contribution in [0.1, 0.15) is 18.2 Å². The molecule has 0 aliphatic carbocycles. The van der Waals surface area contributed by atoms with Gasteiger partial charge in [-0.05, 0) is 37.3 Å². The lowest BCUT2D eigenvalue weighted by Crippen LogP contribution is -2.80. The summed E-state index contributed by atoms with van der Waals surface area (Å²) in [7, 11) is 1.66. The number of benzene rings is 1. The second-order valence-corrected chi connectivity index (χ2v) is 4.19. The Morgan fingerprint density at radius 2 is 2.05 bits per heavy atom. The highest BCUT2D eigenvalue weighted by molar-refractivity contribution is 5.42. The molecule has 0 saturated carbocycles. The van der Waals surface area contributed by atoms with Crippen molar-refractivity contribution in [3.63, 3.8) is 0 Å². The first-order valence-corrected chi connectivity index (χ1v) is 6.47. The first-order chi connectivity index (χ1) is 9.33. The Morgan fingerprint density at radius 1 is 1.16 bits per heavy atom. The smallest absolute Gasteiger partial charge is 0.161 e. The number of methoxy groups -OCH3 is 1. The molecule has 1 heterocycles. The first kappa shape index (κ1) is 13.5. The molecule has 4 heteroatoms. The summed E-state index contributed by atoms with van der Waals surface area (Å²) in [5.41, 5.74) is 1.20. The van der Waals surface area contributed by atoms with Gasteiger partial charge >= 0.3 is 0 Å². The molecular formula is C15H20NO3+. The molecule has 0 amide bonds. The molecule has 0 aliphatic heterocycles. The van der Waals surface area contributed by atoms with Gasteiger partial charge in [0.15, 0.2) is 17.3 Å². The maximum Gasteiger partial charge on any atom is 0.161 e. The number of nitrogens with two attached hydrogens (primary N) is 1. The molecule has 1 aromatic heterocycles. The van der Waals surface area contributed by atoms with Crippen LogP contribution in [-0.4, -0.2) is 13.7 Å². The van der Waals surface area contributed by atoms with Crippen LogP contribution in [0.3, 0.4) is 0 Å². The van der Waals surface area contributed by atoms with E-state index in [-0.39, 0.29) is 0 Å². The van der Waals surface area contributed by atoms with Crippen LogP contribution in [0.25, 0.3) is 0 Å². The Bertz CT molecular complexity index is 494. The predicted octanol–water partition coefficient (Wildman–Crippen LogP) is 1.95. The number of quaternary nitrogens is 1. The van der Waals surface area contributed by atoms with Gasteiger partial charge < -0.3 is 19.2 Å². The third-order valence-corrected chi connectivity index (χ3v) is 2.83. The summed E-state index contributed by atoms with van der Waals surface area (Å²) in [4.78, 5) is 0. The SMILES string of the molecule is CCOc1ccc(C[NH2+]Cc2ccco2)cc1OC. The molecule has 0 radical (unpaired) electrons. The van der Waals surface area contributed by atoms with Crippen LogP contribution in [0.15, 0.2) is 41.0 Å². The fourth-order valence-electron chi connectivity index (χ4n) is 1.92. The van der Waals surface area contributed by atoms with Crippen LogP contribution in [-0.2, 0) is 13.1 Å². The minimum absolute atomic E-state index is 0.639. The van der Waals surface area contributed by atoms with Crippen LogP contribution in [0.4, 0.5) is 0 Å². The van der Waals surface area contributed by atoms with Gasteiger partial charge in [-0.1, -0.05) is 0 Å². The van der Waals surface area contributed by atoms with Crippen molar-refractivity contribution in [3.8, 4) is 11.5 Å². The van der Waals surface area contributed by atoms with Gasteiger partial charge in [-0.2, -0.15) is 0 Å². The lowest BCUT2D eigenvalue weighted by molar-refractivity contribution is -0.688. The van der Waals surface area contributed by atoms with E-state index in [1.807, 2.05) is 31.2 Å². The molecule has 0 unspecified atom stereocenters. The maximum atomic E-state index is 5.50. The molecule has 2 aromatic rings. The van der Waals surface area contributed by atoms with E-state index in [0.29, 0.717) is 6.61 Å². The highest BCUT2D eigenvalue weighted by Crippen LogP contribution is 2.27. The van der Waals surface area contributed by atoms with Crippen molar-refractivity contribution in [2.45, 2.75) is 20.0 Å². The highest BCUT2D eigenvalue weighted by Gasteiger charge is 2.06. The van der Waals surface area contributed by atoms with Gasteiger partial charge in [0.05, 0.1) is 20.0 Å². The Morgan fingerprint density at radius 3 is 2.74 bits per heavy atom. The summed E-state index contributed by atoms with van der Waals surface area (Å²) < 4.78 is 16.1. The fraction of sp³-hybridized carbons (Fsp3) is 0.333. The van der Waals surface area contributed by atoms with Crippen LogP contribution in [0.5, 0.6) is 11.5 Å². The normalized spacial score (nSPS) is 10.4. The average Bonchev–Trinajstić information content (AvgIpc) is 2.94. The molecule has 1 aromatic carbocycles. The second kappa shape index (κ2) is 6.85. The third-order valence-electron chi connectivity index (χ3n) is 2.83. The van der Waals surface area contributed by atoms with E-state index in [0.717, 1.165) is 30.3 Å². The maximum absolute atomic E-state index is 5.50. The van der Waals surface area contributed by atoms with Crippen molar-refractivity contribution >= 4 is 0 Å². The van der Waals surface area contributed by atoms with Crippen molar-refractivity contribution in [1.82, 2.24) is 0 Å². The molecule has 2 N–H and O–H groups in total. The van der Waals surface area contributed by atoms with E-state index in [1.54, 1.807) is 13.4 Å². The topological polar surface area (TPSA) is 48.2 Å². The Kier molecular flexibility index (Phi) is 4.86. The number of furan rings is 1. The highest BCUT2D eigenvalue weighted by atomic mass is 16.5. The monoisotopic (exact) mass is 262 g/mol. The Labute approximate surface area is 113 Å². The number of ether oxygens (including phenoxy) is 2. The molecule has 0 atom stereocenters. The quantitative estimate of drug-likeness (QED) is 0.829. The summed E-state index contributed by atoms with van der Waals surface area (Å²) >= 11 is 0. The molecule has 4 nitrogen and oxygen atoms in total. The Hall–Kier alpha value is -1.94. The number of rotatable bonds is 7. The van der Waals surface area contributed by atoms with Crippen LogP contribution < -0.4 is 14.8 Å². The van der Waals surface area contributed by atoms with E-state index < -0.39 is 0 Å². The Balaban J connectivity index is 1.93. The molecule has 0 bridgehead atoms. The van der Waals surface area contributed by atoms with Crippen molar-refractivity contribution < 1.29 is 19.2 Å².